The molecule has 2 saturated heterocycles. The van der Waals surface area contributed by atoms with E-state index in [1.54, 1.807) is 19.5 Å². The lowest BCUT2D eigenvalue weighted by atomic mass is 9.74. The molecular formula is C25H29N3O3. The van der Waals surface area contributed by atoms with Crippen molar-refractivity contribution in [1.29, 1.82) is 0 Å². The number of pyridine rings is 1. The highest BCUT2D eigenvalue weighted by Gasteiger charge is 2.49. The topological polar surface area (TPSA) is 65.9 Å². The third-order valence-electron chi connectivity index (χ3n) is 6.30. The van der Waals surface area contributed by atoms with Crippen molar-refractivity contribution in [2.75, 3.05) is 40.0 Å². The van der Waals surface area contributed by atoms with Gasteiger partial charge in [0, 0.05) is 61.7 Å². The molecule has 4 rings (SSSR count). The van der Waals surface area contributed by atoms with Gasteiger partial charge in [0.15, 0.2) is 0 Å². The van der Waals surface area contributed by atoms with Crippen LogP contribution >= 0.6 is 0 Å². The molecule has 1 amide bonds. The number of benzene rings is 1. The van der Waals surface area contributed by atoms with Gasteiger partial charge in [0.2, 0.25) is 5.91 Å². The highest BCUT2D eigenvalue weighted by molar-refractivity contribution is 5.77. The maximum Gasteiger partial charge on any atom is 0.248 e. The first kappa shape index (κ1) is 21.5. The Morgan fingerprint density at radius 2 is 1.94 bits per heavy atom. The Balaban J connectivity index is 1.51. The quantitative estimate of drug-likeness (QED) is 0.767. The molecule has 6 nitrogen and oxygen atoms in total. The molecule has 6 heteroatoms. The Morgan fingerprint density at radius 3 is 2.65 bits per heavy atom. The van der Waals surface area contributed by atoms with Crippen LogP contribution in [0.4, 0.5) is 0 Å². The van der Waals surface area contributed by atoms with Crippen LogP contribution in [0.15, 0.2) is 48.8 Å². The second kappa shape index (κ2) is 10.1. The maximum atomic E-state index is 12.5. The lowest BCUT2D eigenvalue weighted by Crippen LogP contribution is -2.68. The van der Waals surface area contributed by atoms with E-state index in [-0.39, 0.29) is 37.1 Å². The van der Waals surface area contributed by atoms with Gasteiger partial charge in [-0.25, -0.2) is 0 Å². The van der Waals surface area contributed by atoms with Gasteiger partial charge in [-0.15, -0.1) is 0 Å². The molecule has 0 aliphatic carbocycles. The molecule has 2 aliphatic rings. The van der Waals surface area contributed by atoms with Crippen molar-refractivity contribution >= 4 is 5.91 Å². The summed E-state index contributed by atoms with van der Waals surface area (Å²) in [5, 5.41) is 10.1. The van der Waals surface area contributed by atoms with Crippen LogP contribution in [0, 0.1) is 11.8 Å². The molecule has 0 bridgehead atoms. The van der Waals surface area contributed by atoms with E-state index in [2.05, 4.69) is 33.9 Å². The molecule has 2 aromatic rings. The van der Waals surface area contributed by atoms with Gasteiger partial charge in [0.05, 0.1) is 6.61 Å². The van der Waals surface area contributed by atoms with E-state index in [1.807, 2.05) is 29.2 Å². The molecule has 162 valence electrons. The Morgan fingerprint density at radius 1 is 1.16 bits per heavy atom. The Kier molecular flexibility index (Phi) is 6.98. The molecule has 3 atom stereocenters. The number of aliphatic hydroxyl groups excluding tert-OH is 1. The van der Waals surface area contributed by atoms with Crippen LogP contribution in [-0.2, 0) is 9.53 Å². The Hall–Kier alpha value is -2.72. The molecule has 0 spiro atoms. The summed E-state index contributed by atoms with van der Waals surface area (Å²) in [5.74, 6) is 6.55. The van der Waals surface area contributed by atoms with Gasteiger partial charge in [-0.3, -0.25) is 14.7 Å². The molecule has 2 aliphatic heterocycles. The fourth-order valence-corrected chi connectivity index (χ4v) is 4.75. The van der Waals surface area contributed by atoms with Crippen LogP contribution in [0.2, 0.25) is 0 Å². The number of hydrogen-bond donors (Lipinski definition) is 1. The number of amides is 1. The van der Waals surface area contributed by atoms with Crippen LogP contribution in [0.3, 0.4) is 0 Å². The molecule has 31 heavy (non-hydrogen) atoms. The van der Waals surface area contributed by atoms with Crippen LogP contribution in [0.1, 0.15) is 35.4 Å². The summed E-state index contributed by atoms with van der Waals surface area (Å²) in [6, 6.07) is 12.4. The van der Waals surface area contributed by atoms with Crippen molar-refractivity contribution in [2.45, 2.75) is 30.8 Å². The minimum Gasteiger partial charge on any atom is -0.395 e. The average Bonchev–Trinajstić information content (AvgIpc) is 2.78. The predicted molar refractivity (Wildman–Crippen MR) is 118 cm³/mol. The first-order chi connectivity index (χ1) is 15.2. The molecule has 1 aromatic heterocycles. The van der Waals surface area contributed by atoms with E-state index in [0.29, 0.717) is 6.54 Å². The minimum atomic E-state index is 0.0385. The van der Waals surface area contributed by atoms with Crippen molar-refractivity contribution in [2.24, 2.45) is 0 Å². The monoisotopic (exact) mass is 419 g/mol. The van der Waals surface area contributed by atoms with E-state index >= 15 is 0 Å². The number of ether oxygens (including phenoxy) is 1. The lowest BCUT2D eigenvalue weighted by Gasteiger charge is -2.57. The largest absolute Gasteiger partial charge is 0.395 e. The van der Waals surface area contributed by atoms with E-state index < -0.39 is 0 Å². The zero-order chi connectivity index (χ0) is 21.6. The van der Waals surface area contributed by atoms with E-state index in [0.717, 1.165) is 37.1 Å². The van der Waals surface area contributed by atoms with E-state index in [4.69, 9.17) is 4.74 Å². The van der Waals surface area contributed by atoms with Crippen molar-refractivity contribution in [3.8, 4) is 11.8 Å². The van der Waals surface area contributed by atoms with Crippen molar-refractivity contribution in [3.05, 3.63) is 65.5 Å². The lowest BCUT2D eigenvalue weighted by molar-refractivity contribution is -0.140. The van der Waals surface area contributed by atoms with Crippen molar-refractivity contribution in [1.82, 2.24) is 14.8 Å². The number of rotatable bonds is 4. The highest BCUT2D eigenvalue weighted by atomic mass is 16.5. The van der Waals surface area contributed by atoms with Gasteiger partial charge in [-0.2, -0.15) is 0 Å². The molecule has 0 unspecified atom stereocenters. The molecule has 1 aromatic carbocycles. The first-order valence-corrected chi connectivity index (χ1v) is 10.9. The third kappa shape index (κ3) is 4.80. The van der Waals surface area contributed by atoms with Gasteiger partial charge in [-0.05, 0) is 49.2 Å². The first-order valence-electron chi connectivity index (χ1n) is 10.9. The van der Waals surface area contributed by atoms with Gasteiger partial charge >= 0.3 is 0 Å². The number of carbonyl (C=O) groups excluding carboxylic acids is 1. The number of hydrogen-bond acceptors (Lipinski definition) is 5. The normalized spacial score (nSPS) is 23.5. The van der Waals surface area contributed by atoms with Crippen LogP contribution in [-0.4, -0.2) is 77.8 Å². The molecule has 2 fully saturated rings. The average molecular weight is 420 g/mol. The number of aromatic nitrogens is 1. The van der Waals surface area contributed by atoms with Gasteiger partial charge < -0.3 is 14.7 Å². The summed E-state index contributed by atoms with van der Waals surface area (Å²) in [6.45, 7) is 2.64. The third-order valence-corrected chi connectivity index (χ3v) is 6.30. The SMILES string of the molecule is COCC(=O)N1CCCCN2[C@@H](CO)[C@H](c3ccc(C#Cc4cccnc4)cc3)[C@@H]2C1. The molecule has 0 radical (unpaired) electrons. The Bertz CT molecular complexity index is 936. The predicted octanol–water partition coefficient (Wildman–Crippen LogP) is 1.88. The van der Waals surface area contributed by atoms with Crippen LogP contribution in [0.5, 0.6) is 0 Å². The summed E-state index contributed by atoms with van der Waals surface area (Å²) in [6.07, 6.45) is 5.49. The standard InChI is InChI=1S/C25H29N3O3/c1-31-18-24(30)27-13-2-3-14-28-22(16-27)25(23(28)17-29)21-10-8-19(9-11-21)6-7-20-5-4-12-26-15-20/h4-5,8-12,15,22-23,25,29H,2-3,13-14,16-18H2,1H3/t22-,23-,25+/m0/s1. The van der Waals surface area contributed by atoms with E-state index in [9.17, 15) is 9.90 Å². The number of fused-ring (bicyclic) bond motifs is 1. The van der Waals surface area contributed by atoms with Crippen LogP contribution in [0.25, 0.3) is 0 Å². The Labute approximate surface area is 183 Å². The summed E-state index contributed by atoms with van der Waals surface area (Å²) >= 11 is 0. The fourth-order valence-electron chi connectivity index (χ4n) is 4.75. The number of methoxy groups -OCH3 is 1. The summed E-state index contributed by atoms with van der Waals surface area (Å²) < 4.78 is 5.07. The van der Waals surface area contributed by atoms with E-state index in [1.165, 1.54) is 5.56 Å². The smallest absolute Gasteiger partial charge is 0.248 e. The van der Waals surface area contributed by atoms with Gasteiger partial charge in [0.25, 0.3) is 0 Å². The zero-order valence-corrected chi connectivity index (χ0v) is 17.9. The van der Waals surface area contributed by atoms with Crippen LogP contribution < -0.4 is 0 Å². The van der Waals surface area contributed by atoms with Gasteiger partial charge in [-0.1, -0.05) is 24.0 Å². The second-order valence-electron chi connectivity index (χ2n) is 8.17. The maximum absolute atomic E-state index is 12.5. The fraction of sp³-hybridized carbons (Fsp3) is 0.440. The highest BCUT2D eigenvalue weighted by Crippen LogP contribution is 2.41. The summed E-state index contributed by atoms with van der Waals surface area (Å²) in [4.78, 5) is 20.9. The molecule has 0 saturated carbocycles. The summed E-state index contributed by atoms with van der Waals surface area (Å²) in [7, 11) is 1.56. The summed E-state index contributed by atoms with van der Waals surface area (Å²) in [5.41, 5.74) is 3.02. The van der Waals surface area contributed by atoms with Crippen molar-refractivity contribution < 1.29 is 14.6 Å². The van der Waals surface area contributed by atoms with Crippen molar-refractivity contribution in [3.63, 3.8) is 0 Å². The number of nitrogens with zero attached hydrogens (tertiary/aromatic N) is 3. The number of aliphatic hydroxyl groups is 1. The molecule has 1 N–H and O–H groups in total. The minimum absolute atomic E-state index is 0.0385. The second-order valence-corrected chi connectivity index (χ2v) is 8.17. The number of carbonyl (C=O) groups is 1. The van der Waals surface area contributed by atoms with Gasteiger partial charge in [0.1, 0.15) is 6.61 Å². The molecular weight excluding hydrogens is 390 g/mol. The zero-order valence-electron chi connectivity index (χ0n) is 17.9. The molecule has 3 heterocycles.